The highest BCUT2D eigenvalue weighted by atomic mass is 16.2. The van der Waals surface area contributed by atoms with Gasteiger partial charge in [0.25, 0.3) is 11.9 Å². The Kier molecular flexibility index (Phi) is 3.62. The number of aromatic amines is 1. The summed E-state index contributed by atoms with van der Waals surface area (Å²) in [6.07, 6.45) is 0.969. The molecule has 2 N–H and O–H groups in total. The number of amides is 1. The molecule has 0 aliphatic heterocycles. The summed E-state index contributed by atoms with van der Waals surface area (Å²) in [6.45, 7) is 6.83. The lowest BCUT2D eigenvalue weighted by atomic mass is 10.1. The minimum atomic E-state index is -0.227. The molecule has 3 aromatic rings. The van der Waals surface area contributed by atoms with Gasteiger partial charge in [-0.3, -0.25) is 10.1 Å². The average Bonchev–Trinajstić information content (AvgIpc) is 3.13. The van der Waals surface area contributed by atoms with Crippen molar-refractivity contribution in [2.45, 2.75) is 33.7 Å². The second-order valence-electron chi connectivity index (χ2n) is 5.11. The number of carbonyl (C=O) groups is 1. The van der Waals surface area contributed by atoms with Gasteiger partial charge in [0, 0.05) is 17.4 Å². The summed E-state index contributed by atoms with van der Waals surface area (Å²) in [7, 11) is 0. The fraction of sp³-hybridized carbons (Fsp3) is 0.333. The molecule has 0 saturated heterocycles. The minimum absolute atomic E-state index is 0.173. The first-order valence-corrected chi connectivity index (χ1v) is 7.32. The Morgan fingerprint density at radius 3 is 2.82 bits per heavy atom. The molecule has 7 heteroatoms. The quantitative estimate of drug-likeness (QED) is 0.773. The van der Waals surface area contributed by atoms with E-state index < -0.39 is 0 Å². The van der Waals surface area contributed by atoms with Crippen molar-refractivity contribution in [3.05, 3.63) is 35.0 Å². The van der Waals surface area contributed by atoms with Gasteiger partial charge in [0.15, 0.2) is 0 Å². The SMILES string of the molecule is CCc1ccc2c(c1)c(C)c(C(=O)Nc1nn[nH]n1)n2CC. The normalized spacial score (nSPS) is 11.0. The van der Waals surface area contributed by atoms with Crippen LogP contribution in [0.5, 0.6) is 0 Å². The third kappa shape index (κ3) is 2.24. The van der Waals surface area contributed by atoms with Crippen molar-refractivity contribution >= 4 is 22.8 Å². The molecule has 3 rings (SSSR count). The molecule has 0 bridgehead atoms. The Balaban J connectivity index is 2.11. The number of aromatic nitrogens is 5. The zero-order chi connectivity index (χ0) is 15.7. The van der Waals surface area contributed by atoms with Crippen LogP contribution in [-0.4, -0.2) is 31.1 Å². The van der Waals surface area contributed by atoms with E-state index in [1.54, 1.807) is 0 Å². The van der Waals surface area contributed by atoms with Crippen LogP contribution in [0.1, 0.15) is 35.5 Å². The summed E-state index contributed by atoms with van der Waals surface area (Å²) in [5, 5.41) is 17.1. The number of rotatable bonds is 4. The van der Waals surface area contributed by atoms with Gasteiger partial charge in [-0.15, -0.1) is 5.10 Å². The highest BCUT2D eigenvalue weighted by molar-refractivity contribution is 6.07. The molecule has 0 saturated carbocycles. The standard InChI is InChI=1S/C15H18N6O/c1-4-10-6-7-12-11(8-10)9(3)13(21(12)5-2)14(22)16-15-17-19-20-18-15/h6-8H,4-5H2,1-3H3,(H2,16,17,18,19,20,22). The maximum atomic E-state index is 12.6. The van der Waals surface area contributed by atoms with E-state index in [0.717, 1.165) is 22.9 Å². The van der Waals surface area contributed by atoms with Crippen molar-refractivity contribution in [3.8, 4) is 0 Å². The molecule has 0 fully saturated rings. The van der Waals surface area contributed by atoms with E-state index >= 15 is 0 Å². The molecule has 1 amide bonds. The van der Waals surface area contributed by atoms with Crippen LogP contribution in [0.4, 0.5) is 5.95 Å². The highest BCUT2D eigenvalue weighted by Gasteiger charge is 2.20. The smallest absolute Gasteiger partial charge is 0.275 e. The van der Waals surface area contributed by atoms with Crippen LogP contribution in [0.25, 0.3) is 10.9 Å². The van der Waals surface area contributed by atoms with Crippen molar-refractivity contribution in [3.63, 3.8) is 0 Å². The molecule has 2 heterocycles. The number of H-pyrrole nitrogens is 1. The Hall–Kier alpha value is -2.70. The van der Waals surface area contributed by atoms with E-state index in [0.29, 0.717) is 12.2 Å². The Bertz CT molecular complexity index is 818. The number of anilines is 1. The van der Waals surface area contributed by atoms with Gasteiger partial charge in [0.05, 0.1) is 0 Å². The van der Waals surface area contributed by atoms with Gasteiger partial charge >= 0.3 is 0 Å². The van der Waals surface area contributed by atoms with Gasteiger partial charge in [-0.05, 0) is 48.7 Å². The topological polar surface area (TPSA) is 88.5 Å². The average molecular weight is 298 g/mol. The lowest BCUT2D eigenvalue weighted by Crippen LogP contribution is -2.18. The molecule has 0 aliphatic carbocycles. The molecule has 0 unspecified atom stereocenters. The highest BCUT2D eigenvalue weighted by Crippen LogP contribution is 2.27. The number of nitrogens with zero attached hydrogens (tertiary/aromatic N) is 4. The summed E-state index contributed by atoms with van der Waals surface area (Å²) in [5.74, 6) is -0.0541. The molecule has 114 valence electrons. The van der Waals surface area contributed by atoms with Crippen molar-refractivity contribution in [1.29, 1.82) is 0 Å². The van der Waals surface area contributed by atoms with Gasteiger partial charge in [0.2, 0.25) is 0 Å². The third-order valence-electron chi connectivity index (χ3n) is 3.89. The summed E-state index contributed by atoms with van der Waals surface area (Å²) in [6, 6.07) is 6.34. The number of carbonyl (C=O) groups excluding carboxylic acids is 1. The van der Waals surface area contributed by atoms with E-state index in [9.17, 15) is 4.79 Å². The number of hydrogen-bond acceptors (Lipinski definition) is 4. The summed E-state index contributed by atoms with van der Waals surface area (Å²) < 4.78 is 2.01. The van der Waals surface area contributed by atoms with Crippen LogP contribution < -0.4 is 5.32 Å². The first-order valence-electron chi connectivity index (χ1n) is 7.32. The molecule has 2 aromatic heterocycles. The fourth-order valence-electron chi connectivity index (χ4n) is 2.79. The number of hydrogen-bond donors (Lipinski definition) is 2. The number of nitrogens with one attached hydrogen (secondary N) is 2. The maximum Gasteiger partial charge on any atom is 0.275 e. The second-order valence-corrected chi connectivity index (χ2v) is 5.11. The number of fused-ring (bicyclic) bond motifs is 1. The molecule has 0 radical (unpaired) electrons. The summed E-state index contributed by atoms with van der Waals surface area (Å²) >= 11 is 0. The Morgan fingerprint density at radius 1 is 1.36 bits per heavy atom. The first-order chi connectivity index (χ1) is 10.7. The van der Waals surface area contributed by atoms with Crippen molar-refractivity contribution in [2.24, 2.45) is 0 Å². The van der Waals surface area contributed by atoms with E-state index in [1.165, 1.54) is 5.56 Å². The van der Waals surface area contributed by atoms with E-state index in [-0.39, 0.29) is 11.9 Å². The van der Waals surface area contributed by atoms with E-state index in [2.05, 4.69) is 51.1 Å². The maximum absolute atomic E-state index is 12.6. The molecule has 1 aromatic carbocycles. The first kappa shape index (κ1) is 14.2. The predicted octanol–water partition coefficient (Wildman–Crippen LogP) is 2.30. The monoisotopic (exact) mass is 298 g/mol. The van der Waals surface area contributed by atoms with E-state index in [4.69, 9.17) is 0 Å². The second kappa shape index (κ2) is 5.59. The van der Waals surface area contributed by atoms with Crippen LogP contribution in [0.3, 0.4) is 0 Å². The van der Waals surface area contributed by atoms with Gasteiger partial charge in [-0.1, -0.05) is 18.1 Å². The summed E-state index contributed by atoms with van der Waals surface area (Å²) in [5.41, 5.74) is 3.92. The number of benzene rings is 1. The fourth-order valence-corrected chi connectivity index (χ4v) is 2.79. The van der Waals surface area contributed by atoms with Crippen LogP contribution >= 0.6 is 0 Å². The van der Waals surface area contributed by atoms with Crippen molar-refractivity contribution in [1.82, 2.24) is 25.2 Å². The lowest BCUT2D eigenvalue weighted by Gasteiger charge is -2.07. The van der Waals surface area contributed by atoms with Crippen LogP contribution in [0.15, 0.2) is 18.2 Å². The summed E-state index contributed by atoms with van der Waals surface area (Å²) in [4.78, 5) is 12.6. The Morgan fingerprint density at radius 2 is 2.18 bits per heavy atom. The van der Waals surface area contributed by atoms with Crippen molar-refractivity contribution < 1.29 is 4.79 Å². The number of tetrazole rings is 1. The molecular weight excluding hydrogens is 280 g/mol. The molecule has 0 spiro atoms. The minimum Gasteiger partial charge on any atom is -0.337 e. The molecule has 0 aliphatic rings. The van der Waals surface area contributed by atoms with Gasteiger partial charge in [0.1, 0.15) is 5.69 Å². The van der Waals surface area contributed by atoms with Gasteiger partial charge in [-0.2, -0.15) is 5.21 Å². The molecule has 0 atom stereocenters. The zero-order valence-corrected chi connectivity index (χ0v) is 12.8. The molecule has 22 heavy (non-hydrogen) atoms. The van der Waals surface area contributed by atoms with E-state index in [1.807, 2.05) is 18.4 Å². The zero-order valence-electron chi connectivity index (χ0n) is 12.8. The Labute approximate surface area is 127 Å². The van der Waals surface area contributed by atoms with Gasteiger partial charge < -0.3 is 4.57 Å². The van der Waals surface area contributed by atoms with Gasteiger partial charge in [-0.25, -0.2) is 0 Å². The predicted molar refractivity (Wildman–Crippen MR) is 83.9 cm³/mol. The van der Waals surface area contributed by atoms with Crippen LogP contribution in [-0.2, 0) is 13.0 Å². The molecule has 7 nitrogen and oxygen atoms in total. The lowest BCUT2D eigenvalue weighted by molar-refractivity contribution is 0.101. The third-order valence-corrected chi connectivity index (χ3v) is 3.89. The number of aryl methyl sites for hydroxylation is 3. The van der Waals surface area contributed by atoms with Crippen LogP contribution in [0, 0.1) is 6.92 Å². The largest absolute Gasteiger partial charge is 0.337 e. The van der Waals surface area contributed by atoms with Crippen LogP contribution in [0.2, 0.25) is 0 Å². The molecular formula is C15H18N6O. The van der Waals surface area contributed by atoms with Crippen molar-refractivity contribution in [2.75, 3.05) is 5.32 Å².